The molecule has 24 heavy (non-hydrogen) atoms. The lowest BCUT2D eigenvalue weighted by Gasteiger charge is -2.15. The molecule has 7 N–H and O–H groups in total. The van der Waals surface area contributed by atoms with Crippen molar-refractivity contribution in [2.75, 3.05) is 6.54 Å². The van der Waals surface area contributed by atoms with Gasteiger partial charge in [-0.05, 0) is 19.3 Å². The third-order valence-electron chi connectivity index (χ3n) is 3.92. The molecular weight excluding hydrogens is 306 g/mol. The van der Waals surface area contributed by atoms with Gasteiger partial charge in [-0.15, -0.1) is 0 Å². The molecule has 0 spiro atoms. The summed E-state index contributed by atoms with van der Waals surface area (Å²) in [6, 6.07) is -0.652. The summed E-state index contributed by atoms with van der Waals surface area (Å²) in [5.41, 5.74) is 10.5. The molecule has 0 aromatic rings. The zero-order valence-electron chi connectivity index (χ0n) is 15.0. The first-order chi connectivity index (χ1) is 11.5. The standard InChI is InChI=1S/C17H35N5O2/c1-2-3-4-5-6-7-8-9-12-15(23)22-14(16(18)24)11-10-13-21-17(19)20/h14H,2-13H2,1H3,(H2,18,24)(H,22,23)(H4,19,20,21). The van der Waals surface area contributed by atoms with Gasteiger partial charge in [0.1, 0.15) is 6.04 Å². The Balaban J connectivity index is 3.75. The molecule has 0 aromatic heterocycles. The fourth-order valence-electron chi connectivity index (χ4n) is 2.50. The van der Waals surface area contributed by atoms with Gasteiger partial charge in [-0.25, -0.2) is 0 Å². The summed E-state index contributed by atoms with van der Waals surface area (Å²) in [6.07, 6.45) is 10.9. The van der Waals surface area contributed by atoms with Gasteiger partial charge in [0.25, 0.3) is 0 Å². The minimum absolute atomic E-state index is 0.107. The fourth-order valence-corrected chi connectivity index (χ4v) is 2.50. The van der Waals surface area contributed by atoms with Gasteiger partial charge >= 0.3 is 0 Å². The van der Waals surface area contributed by atoms with Gasteiger partial charge in [-0.1, -0.05) is 51.9 Å². The number of guanidine groups is 1. The summed E-state index contributed by atoms with van der Waals surface area (Å²) in [6.45, 7) is 2.69. The minimum Gasteiger partial charge on any atom is -0.370 e. The van der Waals surface area contributed by atoms with Gasteiger partial charge in [0.2, 0.25) is 11.8 Å². The first-order valence-electron chi connectivity index (χ1n) is 9.14. The van der Waals surface area contributed by atoms with Crippen molar-refractivity contribution in [2.45, 2.75) is 83.6 Å². The molecule has 0 aliphatic carbocycles. The summed E-state index contributed by atoms with van der Waals surface area (Å²) in [7, 11) is 0. The number of amides is 2. The Bertz CT molecular complexity index is 374. The molecule has 1 atom stereocenters. The molecule has 1 unspecified atom stereocenters. The molecule has 0 aromatic carbocycles. The smallest absolute Gasteiger partial charge is 0.240 e. The third-order valence-corrected chi connectivity index (χ3v) is 3.92. The average molecular weight is 342 g/mol. The van der Waals surface area contributed by atoms with E-state index in [9.17, 15) is 9.59 Å². The van der Waals surface area contributed by atoms with E-state index in [4.69, 9.17) is 16.9 Å². The first kappa shape index (κ1) is 22.2. The highest BCUT2D eigenvalue weighted by atomic mass is 16.2. The Morgan fingerprint density at radius 2 is 1.54 bits per heavy atom. The summed E-state index contributed by atoms with van der Waals surface area (Å²) in [5, 5.41) is 12.4. The van der Waals surface area contributed by atoms with Crippen LogP contribution in [-0.4, -0.2) is 30.4 Å². The molecular formula is C17H35N5O2. The highest BCUT2D eigenvalue weighted by molar-refractivity contribution is 5.86. The van der Waals surface area contributed by atoms with E-state index in [0.29, 0.717) is 25.8 Å². The van der Waals surface area contributed by atoms with E-state index in [1.54, 1.807) is 0 Å². The molecule has 0 saturated carbocycles. The van der Waals surface area contributed by atoms with Crippen LogP contribution in [-0.2, 0) is 9.59 Å². The van der Waals surface area contributed by atoms with Crippen molar-refractivity contribution in [1.29, 1.82) is 5.41 Å². The summed E-state index contributed by atoms with van der Waals surface area (Å²) in [5.74, 6) is -0.754. The van der Waals surface area contributed by atoms with Crippen LogP contribution < -0.4 is 22.1 Å². The number of primary amides is 1. The van der Waals surface area contributed by atoms with Crippen LogP contribution in [0.1, 0.15) is 77.6 Å². The van der Waals surface area contributed by atoms with Crippen LogP contribution in [0.25, 0.3) is 0 Å². The molecule has 2 amide bonds. The fraction of sp³-hybridized carbons (Fsp3) is 0.824. The monoisotopic (exact) mass is 341 g/mol. The highest BCUT2D eigenvalue weighted by Gasteiger charge is 2.17. The molecule has 0 rings (SSSR count). The number of hydrogen-bond donors (Lipinski definition) is 5. The van der Waals surface area contributed by atoms with Gasteiger partial charge in [0.05, 0.1) is 0 Å². The number of unbranched alkanes of at least 4 members (excludes halogenated alkanes) is 7. The van der Waals surface area contributed by atoms with Gasteiger partial charge in [0, 0.05) is 13.0 Å². The normalized spacial score (nSPS) is 11.7. The molecule has 0 aliphatic heterocycles. The van der Waals surface area contributed by atoms with Crippen LogP contribution in [0.3, 0.4) is 0 Å². The predicted molar refractivity (Wildman–Crippen MR) is 97.5 cm³/mol. The first-order valence-corrected chi connectivity index (χ1v) is 9.14. The Morgan fingerprint density at radius 3 is 2.08 bits per heavy atom. The second-order valence-electron chi connectivity index (χ2n) is 6.23. The SMILES string of the molecule is CCCCCCCCCCC(=O)NC(CCCNC(=N)N)C(N)=O. The molecule has 0 radical (unpaired) electrons. The van der Waals surface area contributed by atoms with Gasteiger partial charge < -0.3 is 22.1 Å². The summed E-state index contributed by atoms with van der Waals surface area (Å²) in [4.78, 5) is 23.3. The molecule has 0 bridgehead atoms. The third kappa shape index (κ3) is 13.8. The lowest BCUT2D eigenvalue weighted by atomic mass is 10.1. The quantitative estimate of drug-likeness (QED) is 0.176. The maximum Gasteiger partial charge on any atom is 0.240 e. The minimum atomic E-state index is -0.652. The molecule has 0 fully saturated rings. The van der Waals surface area contributed by atoms with Crippen molar-refractivity contribution in [3.63, 3.8) is 0 Å². The van der Waals surface area contributed by atoms with Crippen LogP contribution in [0.2, 0.25) is 0 Å². The predicted octanol–water partition coefficient (Wildman–Crippen LogP) is 1.75. The maximum absolute atomic E-state index is 11.9. The molecule has 0 saturated heterocycles. The van der Waals surface area contributed by atoms with Crippen molar-refractivity contribution < 1.29 is 9.59 Å². The number of nitrogens with two attached hydrogens (primary N) is 2. The van der Waals surface area contributed by atoms with E-state index in [0.717, 1.165) is 19.3 Å². The van der Waals surface area contributed by atoms with Gasteiger partial charge in [0.15, 0.2) is 5.96 Å². The van der Waals surface area contributed by atoms with Crippen LogP contribution in [0, 0.1) is 5.41 Å². The van der Waals surface area contributed by atoms with E-state index in [2.05, 4.69) is 17.6 Å². The number of carbonyl (C=O) groups excluding carboxylic acids is 2. The Morgan fingerprint density at radius 1 is 0.958 bits per heavy atom. The second kappa shape index (κ2) is 14.8. The van der Waals surface area contributed by atoms with Crippen LogP contribution in [0.5, 0.6) is 0 Å². The van der Waals surface area contributed by atoms with E-state index in [1.807, 2.05) is 0 Å². The largest absolute Gasteiger partial charge is 0.370 e. The Hall–Kier alpha value is -1.79. The lowest BCUT2D eigenvalue weighted by molar-refractivity contribution is -0.127. The summed E-state index contributed by atoms with van der Waals surface area (Å²) >= 11 is 0. The highest BCUT2D eigenvalue weighted by Crippen LogP contribution is 2.09. The maximum atomic E-state index is 11.9. The van der Waals surface area contributed by atoms with Crippen molar-refractivity contribution in [3.8, 4) is 0 Å². The number of hydrogen-bond acceptors (Lipinski definition) is 3. The van der Waals surface area contributed by atoms with Gasteiger partial charge in [-0.2, -0.15) is 0 Å². The van der Waals surface area contributed by atoms with E-state index < -0.39 is 11.9 Å². The number of nitrogens with one attached hydrogen (secondary N) is 3. The Labute approximate surface area is 145 Å². The van der Waals surface area contributed by atoms with E-state index >= 15 is 0 Å². The van der Waals surface area contributed by atoms with Crippen LogP contribution >= 0.6 is 0 Å². The zero-order valence-corrected chi connectivity index (χ0v) is 15.0. The average Bonchev–Trinajstić information content (AvgIpc) is 2.52. The van der Waals surface area contributed by atoms with Crippen molar-refractivity contribution in [1.82, 2.24) is 10.6 Å². The van der Waals surface area contributed by atoms with Crippen molar-refractivity contribution in [2.24, 2.45) is 11.5 Å². The topological polar surface area (TPSA) is 134 Å². The van der Waals surface area contributed by atoms with Crippen molar-refractivity contribution in [3.05, 3.63) is 0 Å². The molecule has 0 heterocycles. The zero-order chi connectivity index (χ0) is 18.2. The van der Waals surface area contributed by atoms with Gasteiger partial charge in [-0.3, -0.25) is 15.0 Å². The molecule has 7 nitrogen and oxygen atoms in total. The lowest BCUT2D eigenvalue weighted by Crippen LogP contribution is -2.44. The second-order valence-corrected chi connectivity index (χ2v) is 6.23. The van der Waals surface area contributed by atoms with E-state index in [1.165, 1.54) is 32.1 Å². The van der Waals surface area contributed by atoms with E-state index in [-0.39, 0.29) is 11.9 Å². The number of rotatable bonds is 15. The molecule has 7 heteroatoms. The number of carbonyl (C=O) groups is 2. The van der Waals surface area contributed by atoms with Crippen LogP contribution in [0.4, 0.5) is 0 Å². The summed E-state index contributed by atoms with van der Waals surface area (Å²) < 4.78 is 0. The molecule has 0 aliphatic rings. The Kier molecular flexibility index (Phi) is 13.7. The van der Waals surface area contributed by atoms with Crippen molar-refractivity contribution >= 4 is 17.8 Å². The van der Waals surface area contributed by atoms with Crippen LogP contribution in [0.15, 0.2) is 0 Å². The molecule has 140 valence electrons.